The molecule has 0 aromatic heterocycles. The van der Waals surface area contributed by atoms with Crippen molar-refractivity contribution in [3.63, 3.8) is 0 Å². The molecular weight excluding hydrogens is 430 g/mol. The van der Waals surface area contributed by atoms with Gasteiger partial charge in [0.2, 0.25) is 21.8 Å². The van der Waals surface area contributed by atoms with Gasteiger partial charge in [0.1, 0.15) is 5.75 Å². The maximum atomic E-state index is 12.2. The van der Waals surface area contributed by atoms with Gasteiger partial charge in [0, 0.05) is 31.3 Å². The average molecular weight is 454 g/mol. The van der Waals surface area contributed by atoms with Gasteiger partial charge >= 0.3 is 0 Å². The van der Waals surface area contributed by atoms with E-state index in [1.807, 2.05) is 0 Å². The van der Waals surface area contributed by atoms with Crippen molar-refractivity contribution >= 4 is 50.5 Å². The van der Waals surface area contributed by atoms with Crippen LogP contribution in [0.1, 0.15) is 19.8 Å². The van der Waals surface area contributed by atoms with Gasteiger partial charge in [-0.1, -0.05) is 11.6 Å². The van der Waals surface area contributed by atoms with E-state index in [-0.39, 0.29) is 24.8 Å². The lowest BCUT2D eigenvalue weighted by molar-refractivity contribution is -0.116. The van der Waals surface area contributed by atoms with Gasteiger partial charge in [-0.2, -0.15) is 0 Å². The highest BCUT2D eigenvalue weighted by atomic mass is 35.5. The van der Waals surface area contributed by atoms with Gasteiger partial charge in [0.25, 0.3) is 0 Å². The van der Waals surface area contributed by atoms with Crippen LogP contribution in [0.15, 0.2) is 42.5 Å². The van der Waals surface area contributed by atoms with Gasteiger partial charge in [-0.25, -0.2) is 8.42 Å². The number of hydrogen-bond acceptors (Lipinski definition) is 5. The van der Waals surface area contributed by atoms with Crippen molar-refractivity contribution in [2.45, 2.75) is 19.8 Å². The van der Waals surface area contributed by atoms with Gasteiger partial charge in [0.05, 0.1) is 24.1 Å². The van der Waals surface area contributed by atoms with Gasteiger partial charge in [0.15, 0.2) is 0 Å². The fourth-order valence-corrected chi connectivity index (χ4v) is 3.95. The predicted octanol–water partition coefficient (Wildman–Crippen LogP) is 3.49. The molecule has 2 aromatic carbocycles. The standard InChI is InChI=1S/C20H24ClN3O5S/c1-14(25)22-15-6-8-16(9-7-15)23-20(26)5-4-12-24(30(3,27)28)17-10-11-19(29-2)18(21)13-17/h6-11,13H,4-5,12H2,1-3H3,(H,22,25)(H,23,26). The Morgan fingerprint density at radius 1 is 1.07 bits per heavy atom. The zero-order valence-corrected chi connectivity index (χ0v) is 18.5. The molecule has 0 radical (unpaired) electrons. The van der Waals surface area contributed by atoms with Crippen LogP contribution in [-0.4, -0.2) is 40.1 Å². The van der Waals surface area contributed by atoms with Crippen LogP contribution in [0.2, 0.25) is 5.02 Å². The van der Waals surface area contributed by atoms with Crippen molar-refractivity contribution in [2.75, 3.05) is 34.8 Å². The molecule has 10 heteroatoms. The quantitative estimate of drug-likeness (QED) is 0.604. The summed E-state index contributed by atoms with van der Waals surface area (Å²) < 4.78 is 30.7. The lowest BCUT2D eigenvalue weighted by atomic mass is 10.2. The zero-order chi connectivity index (χ0) is 22.3. The number of rotatable bonds is 9. The van der Waals surface area contributed by atoms with E-state index in [1.54, 1.807) is 36.4 Å². The van der Waals surface area contributed by atoms with Gasteiger partial charge in [-0.05, 0) is 48.9 Å². The van der Waals surface area contributed by atoms with Crippen molar-refractivity contribution in [1.29, 1.82) is 0 Å². The van der Waals surface area contributed by atoms with Crippen LogP contribution in [0.4, 0.5) is 17.1 Å². The van der Waals surface area contributed by atoms with Crippen LogP contribution in [0.3, 0.4) is 0 Å². The van der Waals surface area contributed by atoms with E-state index in [0.717, 1.165) is 6.26 Å². The molecule has 0 atom stereocenters. The number of nitrogens with zero attached hydrogens (tertiary/aromatic N) is 1. The van der Waals surface area contributed by atoms with Crippen LogP contribution in [0, 0.1) is 0 Å². The normalized spacial score (nSPS) is 10.9. The maximum Gasteiger partial charge on any atom is 0.232 e. The fraction of sp³-hybridized carbons (Fsp3) is 0.300. The molecule has 30 heavy (non-hydrogen) atoms. The third-order valence-corrected chi connectivity index (χ3v) is 5.57. The minimum atomic E-state index is -3.56. The Bertz CT molecular complexity index is 1010. The first-order chi connectivity index (χ1) is 14.1. The van der Waals surface area contributed by atoms with Crippen molar-refractivity contribution in [2.24, 2.45) is 0 Å². The summed E-state index contributed by atoms with van der Waals surface area (Å²) in [6, 6.07) is 11.4. The van der Waals surface area contributed by atoms with Crippen LogP contribution < -0.4 is 19.7 Å². The van der Waals surface area contributed by atoms with Gasteiger partial charge < -0.3 is 15.4 Å². The SMILES string of the molecule is COc1ccc(N(CCCC(=O)Nc2ccc(NC(C)=O)cc2)S(C)(=O)=O)cc1Cl. The highest BCUT2D eigenvalue weighted by molar-refractivity contribution is 7.92. The lowest BCUT2D eigenvalue weighted by Crippen LogP contribution is -2.31. The maximum absolute atomic E-state index is 12.2. The summed E-state index contributed by atoms with van der Waals surface area (Å²) in [7, 11) is -2.08. The van der Waals surface area contributed by atoms with E-state index in [9.17, 15) is 18.0 Å². The molecule has 0 spiro atoms. The summed E-state index contributed by atoms with van der Waals surface area (Å²) in [5.74, 6) is 0.0154. The number of hydrogen-bond donors (Lipinski definition) is 2. The number of amides is 2. The van der Waals surface area contributed by atoms with E-state index in [4.69, 9.17) is 16.3 Å². The number of nitrogens with one attached hydrogen (secondary N) is 2. The molecule has 2 N–H and O–H groups in total. The molecule has 0 unspecified atom stereocenters. The Labute approximate surface area is 181 Å². The summed E-state index contributed by atoms with van der Waals surface area (Å²) in [6.45, 7) is 1.53. The highest BCUT2D eigenvalue weighted by Crippen LogP contribution is 2.30. The fourth-order valence-electron chi connectivity index (χ4n) is 2.74. The number of ether oxygens (including phenoxy) is 1. The second-order valence-corrected chi connectivity index (χ2v) is 8.88. The monoisotopic (exact) mass is 453 g/mol. The molecule has 0 saturated carbocycles. The summed E-state index contributed by atoms with van der Waals surface area (Å²) in [6.07, 6.45) is 1.54. The largest absolute Gasteiger partial charge is 0.495 e. The number of halogens is 1. The Morgan fingerprint density at radius 2 is 1.67 bits per heavy atom. The minimum absolute atomic E-state index is 0.121. The number of carbonyl (C=O) groups is 2. The van der Waals surface area contributed by atoms with Crippen molar-refractivity contribution in [1.82, 2.24) is 0 Å². The van der Waals surface area contributed by atoms with Gasteiger partial charge in [-0.15, -0.1) is 0 Å². The van der Waals surface area contributed by atoms with E-state index < -0.39 is 10.0 Å². The molecule has 0 aliphatic heterocycles. The zero-order valence-electron chi connectivity index (χ0n) is 16.9. The molecule has 162 valence electrons. The van der Waals surface area contributed by atoms with Crippen molar-refractivity contribution in [3.05, 3.63) is 47.5 Å². The molecule has 0 fully saturated rings. The molecule has 0 saturated heterocycles. The number of methoxy groups -OCH3 is 1. The average Bonchev–Trinajstić information content (AvgIpc) is 2.65. The molecule has 0 bridgehead atoms. The smallest absolute Gasteiger partial charge is 0.232 e. The second kappa shape index (κ2) is 10.3. The van der Waals surface area contributed by atoms with Gasteiger partial charge in [-0.3, -0.25) is 13.9 Å². The van der Waals surface area contributed by atoms with Crippen LogP contribution in [-0.2, 0) is 19.6 Å². The minimum Gasteiger partial charge on any atom is -0.495 e. The number of carbonyl (C=O) groups excluding carboxylic acids is 2. The summed E-state index contributed by atoms with van der Waals surface area (Å²) in [5, 5.41) is 5.68. The Hall–Kier alpha value is -2.78. The number of sulfonamides is 1. The molecule has 2 aromatic rings. The van der Waals surface area contributed by atoms with Crippen molar-refractivity contribution in [3.8, 4) is 5.75 Å². The van der Waals surface area contributed by atoms with E-state index >= 15 is 0 Å². The molecule has 2 rings (SSSR count). The Morgan fingerprint density at radius 3 is 2.17 bits per heavy atom. The molecule has 0 aliphatic rings. The lowest BCUT2D eigenvalue weighted by Gasteiger charge is -2.23. The van der Waals surface area contributed by atoms with Crippen molar-refractivity contribution < 1.29 is 22.7 Å². The first-order valence-electron chi connectivity index (χ1n) is 9.09. The third-order valence-electron chi connectivity index (χ3n) is 4.08. The Kier molecular flexibility index (Phi) is 8.08. The molecule has 8 nitrogen and oxygen atoms in total. The molecule has 2 amide bonds. The number of benzene rings is 2. The highest BCUT2D eigenvalue weighted by Gasteiger charge is 2.19. The summed E-state index contributed by atoms with van der Waals surface area (Å²) >= 11 is 6.10. The summed E-state index contributed by atoms with van der Waals surface area (Å²) in [5.41, 5.74) is 1.61. The second-order valence-electron chi connectivity index (χ2n) is 6.56. The van der Waals surface area contributed by atoms with E-state index in [2.05, 4.69) is 10.6 Å². The molecular formula is C20H24ClN3O5S. The molecule has 0 aliphatic carbocycles. The third kappa shape index (κ3) is 6.93. The molecule has 0 heterocycles. The van der Waals surface area contributed by atoms with E-state index in [0.29, 0.717) is 34.3 Å². The summed E-state index contributed by atoms with van der Waals surface area (Å²) in [4.78, 5) is 23.2. The first-order valence-corrected chi connectivity index (χ1v) is 11.3. The van der Waals surface area contributed by atoms with Crippen LogP contribution in [0.5, 0.6) is 5.75 Å². The van der Waals surface area contributed by atoms with Crippen LogP contribution >= 0.6 is 11.6 Å². The first kappa shape index (κ1) is 23.5. The van der Waals surface area contributed by atoms with Crippen LogP contribution in [0.25, 0.3) is 0 Å². The van der Waals surface area contributed by atoms with E-state index in [1.165, 1.54) is 24.4 Å². The number of anilines is 3. The topological polar surface area (TPSA) is 105 Å². The Balaban J connectivity index is 1.95. The predicted molar refractivity (Wildman–Crippen MR) is 119 cm³/mol.